The molecule has 0 aromatic carbocycles. The number of nitrogens with one attached hydrogen (secondary N) is 1. The first-order chi connectivity index (χ1) is 7.79. The van der Waals surface area contributed by atoms with Gasteiger partial charge in [0, 0.05) is 38.6 Å². The molecule has 90 valence electrons. The first kappa shape index (κ1) is 11.6. The zero-order valence-electron chi connectivity index (χ0n) is 9.69. The summed E-state index contributed by atoms with van der Waals surface area (Å²) in [5.41, 5.74) is 5.41. The minimum Gasteiger partial charge on any atom is -0.353 e. The molecule has 2 aliphatic heterocycles. The van der Waals surface area contributed by atoms with E-state index >= 15 is 0 Å². The fourth-order valence-electron chi connectivity index (χ4n) is 2.67. The second kappa shape index (κ2) is 5.46. The molecule has 1 amide bonds. The molecule has 0 saturated carbocycles. The van der Waals surface area contributed by atoms with Crippen LogP contribution in [0.4, 0.5) is 0 Å². The molecule has 2 aliphatic rings. The fraction of sp³-hybridized carbons (Fsp3) is 0.750. The number of nitrogens with two attached hydrogens (primary N) is 1. The topological polar surface area (TPSA) is 58.4 Å². The lowest BCUT2D eigenvalue weighted by molar-refractivity contribution is -0.125. The fourth-order valence-corrected chi connectivity index (χ4v) is 2.67. The zero-order chi connectivity index (χ0) is 11.4. The second-order valence-electron chi connectivity index (χ2n) is 4.73. The molecule has 3 N–H and O–H groups in total. The molecule has 4 heteroatoms. The molecule has 2 fully saturated rings. The Morgan fingerprint density at radius 1 is 1.44 bits per heavy atom. The van der Waals surface area contributed by atoms with E-state index in [9.17, 15) is 4.79 Å². The number of hydrogen-bond donors (Lipinski definition) is 2. The summed E-state index contributed by atoms with van der Waals surface area (Å²) in [6.07, 6.45) is 6.99. The van der Waals surface area contributed by atoms with Gasteiger partial charge < -0.3 is 11.1 Å². The number of carbonyl (C=O) groups is 1. The van der Waals surface area contributed by atoms with Crippen molar-refractivity contribution in [1.29, 1.82) is 0 Å². The smallest absolute Gasteiger partial charge is 0.220 e. The van der Waals surface area contributed by atoms with E-state index in [2.05, 4.69) is 16.3 Å². The van der Waals surface area contributed by atoms with Gasteiger partial charge in [0.15, 0.2) is 0 Å². The van der Waals surface area contributed by atoms with E-state index in [1.54, 1.807) is 0 Å². The van der Waals surface area contributed by atoms with Crippen molar-refractivity contribution < 1.29 is 4.79 Å². The van der Waals surface area contributed by atoms with Gasteiger partial charge in [0.2, 0.25) is 5.91 Å². The van der Waals surface area contributed by atoms with Crippen molar-refractivity contribution in [2.75, 3.05) is 26.2 Å². The van der Waals surface area contributed by atoms with Crippen LogP contribution >= 0.6 is 0 Å². The van der Waals surface area contributed by atoms with Gasteiger partial charge in [0.05, 0.1) is 0 Å². The Hall–Kier alpha value is -0.870. The number of likely N-dealkylation sites (tertiary alicyclic amines) is 1. The van der Waals surface area contributed by atoms with Crippen molar-refractivity contribution in [2.24, 2.45) is 11.7 Å². The molecule has 2 atom stereocenters. The molecule has 0 bridgehead atoms. The summed E-state index contributed by atoms with van der Waals surface area (Å²) in [4.78, 5) is 13.7. The number of carbonyl (C=O) groups excluding carboxylic acids is 1. The summed E-state index contributed by atoms with van der Waals surface area (Å²) in [7, 11) is 0. The lowest BCUT2D eigenvalue weighted by Gasteiger charge is -2.41. The number of amides is 1. The molecule has 0 aromatic heterocycles. The van der Waals surface area contributed by atoms with Crippen LogP contribution in [0.5, 0.6) is 0 Å². The maximum absolute atomic E-state index is 11.3. The lowest BCUT2D eigenvalue weighted by atomic mass is 9.85. The molecule has 2 rings (SSSR count). The zero-order valence-corrected chi connectivity index (χ0v) is 9.69. The van der Waals surface area contributed by atoms with Gasteiger partial charge >= 0.3 is 0 Å². The van der Waals surface area contributed by atoms with E-state index in [-0.39, 0.29) is 5.91 Å². The molecule has 4 nitrogen and oxygen atoms in total. The summed E-state index contributed by atoms with van der Waals surface area (Å²) >= 11 is 0. The quantitative estimate of drug-likeness (QED) is 0.667. The first-order valence-electron chi connectivity index (χ1n) is 6.16. The Balaban J connectivity index is 1.81. The summed E-state index contributed by atoms with van der Waals surface area (Å²) < 4.78 is 0. The van der Waals surface area contributed by atoms with Crippen molar-refractivity contribution in [3.63, 3.8) is 0 Å². The highest BCUT2D eigenvalue weighted by molar-refractivity contribution is 5.77. The van der Waals surface area contributed by atoms with Crippen LogP contribution < -0.4 is 11.1 Å². The minimum atomic E-state index is 0.234. The van der Waals surface area contributed by atoms with Crippen LogP contribution in [0.1, 0.15) is 19.3 Å². The first-order valence-corrected chi connectivity index (χ1v) is 6.16. The molecule has 2 saturated heterocycles. The van der Waals surface area contributed by atoms with Gasteiger partial charge in [-0.3, -0.25) is 9.69 Å². The largest absolute Gasteiger partial charge is 0.353 e. The molecular formula is C12H21N3O. The van der Waals surface area contributed by atoms with Gasteiger partial charge in [-0.05, 0) is 18.8 Å². The number of hydrogen-bond acceptors (Lipinski definition) is 3. The van der Waals surface area contributed by atoms with Crippen LogP contribution in [-0.2, 0) is 4.79 Å². The van der Waals surface area contributed by atoms with Crippen LogP contribution in [0, 0.1) is 5.92 Å². The molecule has 0 spiro atoms. The third kappa shape index (κ3) is 2.83. The van der Waals surface area contributed by atoms with Crippen LogP contribution in [-0.4, -0.2) is 43.0 Å². The highest BCUT2D eigenvalue weighted by atomic mass is 16.1. The number of rotatable bonds is 3. The average Bonchev–Trinajstić information content (AvgIpc) is 2.29. The molecule has 0 aliphatic carbocycles. The second-order valence-corrected chi connectivity index (χ2v) is 4.73. The molecule has 0 aromatic rings. The predicted molar refractivity (Wildman–Crippen MR) is 63.9 cm³/mol. The van der Waals surface area contributed by atoms with Crippen LogP contribution in [0.3, 0.4) is 0 Å². The summed E-state index contributed by atoms with van der Waals surface area (Å²) in [6, 6.07) is 0.427. The van der Waals surface area contributed by atoms with E-state index in [1.807, 2.05) is 6.08 Å². The molecule has 0 radical (unpaired) electrons. The van der Waals surface area contributed by atoms with Gasteiger partial charge in [-0.25, -0.2) is 0 Å². The number of fused-ring (bicyclic) bond motifs is 1. The molecular weight excluding hydrogens is 202 g/mol. The average molecular weight is 223 g/mol. The highest BCUT2D eigenvalue weighted by Gasteiger charge is 2.33. The predicted octanol–water partition coefficient (Wildman–Crippen LogP) is 0.102. The Morgan fingerprint density at radius 2 is 2.31 bits per heavy atom. The van der Waals surface area contributed by atoms with Gasteiger partial charge in [-0.2, -0.15) is 0 Å². The Bertz CT molecular complexity index is 277. The van der Waals surface area contributed by atoms with Crippen LogP contribution in [0.15, 0.2) is 12.2 Å². The van der Waals surface area contributed by atoms with E-state index in [0.29, 0.717) is 24.9 Å². The third-order valence-electron chi connectivity index (χ3n) is 3.57. The van der Waals surface area contributed by atoms with Crippen LogP contribution in [0.2, 0.25) is 0 Å². The third-order valence-corrected chi connectivity index (χ3v) is 3.57. The van der Waals surface area contributed by atoms with Crippen molar-refractivity contribution in [3.05, 3.63) is 12.2 Å². The van der Waals surface area contributed by atoms with E-state index < -0.39 is 0 Å². The monoisotopic (exact) mass is 223 g/mol. The maximum atomic E-state index is 11.3. The number of nitrogens with zero attached hydrogens (tertiary/aromatic N) is 1. The van der Waals surface area contributed by atoms with Crippen molar-refractivity contribution in [2.45, 2.75) is 25.3 Å². The Morgan fingerprint density at radius 3 is 3.12 bits per heavy atom. The summed E-state index contributed by atoms with van der Waals surface area (Å²) in [6.45, 7) is 3.81. The Kier molecular flexibility index (Phi) is 3.96. The van der Waals surface area contributed by atoms with E-state index in [4.69, 9.17) is 5.73 Å². The van der Waals surface area contributed by atoms with Gasteiger partial charge in [-0.1, -0.05) is 12.2 Å². The van der Waals surface area contributed by atoms with Crippen molar-refractivity contribution in [3.8, 4) is 0 Å². The maximum Gasteiger partial charge on any atom is 0.220 e. The molecule has 2 heterocycles. The normalized spacial score (nSPS) is 31.4. The van der Waals surface area contributed by atoms with Crippen LogP contribution in [0.25, 0.3) is 0 Å². The molecule has 2 unspecified atom stereocenters. The van der Waals surface area contributed by atoms with Crippen molar-refractivity contribution in [1.82, 2.24) is 10.2 Å². The molecule has 16 heavy (non-hydrogen) atoms. The Labute approximate surface area is 96.9 Å². The minimum absolute atomic E-state index is 0.234. The van der Waals surface area contributed by atoms with Gasteiger partial charge in [0.1, 0.15) is 0 Å². The highest BCUT2D eigenvalue weighted by Crippen LogP contribution is 2.24. The lowest BCUT2D eigenvalue weighted by Crippen LogP contribution is -2.53. The van der Waals surface area contributed by atoms with E-state index in [0.717, 1.165) is 32.5 Å². The SMILES string of the molecule is NC/C=C/CN1CCC2NC(=O)CCC2C1. The number of piperidine rings is 2. The summed E-state index contributed by atoms with van der Waals surface area (Å²) in [5.74, 6) is 0.885. The van der Waals surface area contributed by atoms with Crippen molar-refractivity contribution >= 4 is 5.91 Å². The van der Waals surface area contributed by atoms with Gasteiger partial charge in [0.25, 0.3) is 0 Å². The van der Waals surface area contributed by atoms with Gasteiger partial charge in [-0.15, -0.1) is 0 Å². The standard InChI is InChI=1S/C12H21N3O/c13-6-1-2-7-15-8-5-11-10(9-15)3-4-12(16)14-11/h1-2,10-11H,3-9,13H2,(H,14,16)/b2-1+. The van der Waals surface area contributed by atoms with E-state index in [1.165, 1.54) is 0 Å². The summed E-state index contributed by atoms with van der Waals surface area (Å²) in [5, 5.41) is 3.10.